The van der Waals surface area contributed by atoms with Crippen LogP contribution < -0.4 is 0 Å². The number of halogens is 1. The van der Waals surface area contributed by atoms with Crippen LogP contribution in [0.15, 0.2) is 0 Å². The summed E-state index contributed by atoms with van der Waals surface area (Å²) in [5, 5.41) is 0. The number of hydrogen-bond donors (Lipinski definition) is 0. The molecule has 9 heavy (non-hydrogen) atoms. The van der Waals surface area contributed by atoms with Crippen LogP contribution in [0.2, 0.25) is 0 Å². The van der Waals surface area contributed by atoms with Gasteiger partial charge >= 0.3 is 0 Å². The third kappa shape index (κ3) is 3.15. The van der Waals surface area contributed by atoms with Crippen LogP contribution in [-0.4, -0.2) is 19.2 Å². The molecule has 0 bridgehead atoms. The van der Waals surface area contributed by atoms with E-state index in [4.69, 9.17) is 0 Å². The van der Waals surface area contributed by atoms with Gasteiger partial charge in [-0.25, -0.2) is 4.39 Å². The molecule has 1 unspecified atom stereocenters. The van der Waals surface area contributed by atoms with Crippen molar-refractivity contribution in [1.82, 2.24) is 0 Å². The quantitative estimate of drug-likeness (QED) is 0.504. The van der Waals surface area contributed by atoms with Gasteiger partial charge in [0.1, 0.15) is 5.91 Å². The molecule has 0 saturated carbocycles. The minimum atomic E-state index is -0.618. The van der Waals surface area contributed by atoms with E-state index in [9.17, 15) is 4.39 Å². The molecule has 0 heterocycles. The van der Waals surface area contributed by atoms with Crippen LogP contribution in [0, 0.1) is 5.41 Å². The Labute approximate surface area is 58.6 Å². The summed E-state index contributed by atoms with van der Waals surface area (Å²) in [6.07, 6.45) is 0. The minimum Gasteiger partial charge on any atom is -0.242 e. The van der Waals surface area contributed by atoms with E-state index < -0.39 is 13.8 Å². The highest BCUT2D eigenvalue weighted by atomic mass is 31.1. The lowest BCUT2D eigenvalue weighted by atomic mass is 9.99. The van der Waals surface area contributed by atoms with Gasteiger partial charge in [0.05, 0.1) is 0 Å². The van der Waals surface area contributed by atoms with E-state index in [0.29, 0.717) is 0 Å². The first-order valence-corrected chi connectivity index (χ1v) is 5.46. The Hall–Kier alpha value is 0.360. The first kappa shape index (κ1) is 9.36. The van der Waals surface area contributed by atoms with Crippen LogP contribution in [0.1, 0.15) is 20.8 Å². The third-order valence-corrected chi connectivity index (χ3v) is 2.85. The molecule has 0 aliphatic rings. The van der Waals surface area contributed by atoms with Gasteiger partial charge in [-0.2, -0.15) is 0 Å². The molecule has 0 fully saturated rings. The van der Waals surface area contributed by atoms with Gasteiger partial charge in [-0.1, -0.05) is 28.7 Å². The summed E-state index contributed by atoms with van der Waals surface area (Å²) in [5.74, 6) is -0.618. The van der Waals surface area contributed by atoms with Crippen LogP contribution in [-0.2, 0) is 0 Å². The van der Waals surface area contributed by atoms with Crippen molar-refractivity contribution in [3.8, 4) is 0 Å². The highest BCUT2D eigenvalue weighted by Crippen LogP contribution is 2.43. The minimum absolute atomic E-state index is 0.158. The Kier molecular flexibility index (Phi) is 3.08. The Morgan fingerprint density at radius 1 is 1.22 bits per heavy atom. The molecule has 0 nitrogen and oxygen atoms in total. The molecule has 0 aliphatic heterocycles. The number of rotatable bonds is 1. The highest BCUT2D eigenvalue weighted by molar-refractivity contribution is 7.56. The van der Waals surface area contributed by atoms with Gasteiger partial charge in [-0.05, 0) is 18.7 Å². The van der Waals surface area contributed by atoms with Crippen molar-refractivity contribution >= 4 is 7.92 Å². The molecule has 0 spiro atoms. The number of alkyl halides is 1. The second-order valence-corrected chi connectivity index (χ2v) is 6.05. The molecule has 2 heteroatoms. The van der Waals surface area contributed by atoms with Crippen LogP contribution in [0.3, 0.4) is 0 Å². The van der Waals surface area contributed by atoms with E-state index in [1.807, 2.05) is 34.1 Å². The Morgan fingerprint density at radius 3 is 1.56 bits per heavy atom. The van der Waals surface area contributed by atoms with Crippen LogP contribution in [0.5, 0.6) is 0 Å². The van der Waals surface area contributed by atoms with Crippen molar-refractivity contribution in [3.63, 3.8) is 0 Å². The molecule has 56 valence electrons. The summed E-state index contributed by atoms with van der Waals surface area (Å²) in [5.41, 5.74) is -0.158. The summed E-state index contributed by atoms with van der Waals surface area (Å²) in [6, 6.07) is 0. The van der Waals surface area contributed by atoms with Crippen molar-refractivity contribution in [2.24, 2.45) is 5.41 Å². The van der Waals surface area contributed by atoms with E-state index in [2.05, 4.69) is 0 Å². The van der Waals surface area contributed by atoms with Gasteiger partial charge in [-0.3, -0.25) is 0 Å². The van der Waals surface area contributed by atoms with Crippen molar-refractivity contribution in [1.29, 1.82) is 0 Å². The maximum absolute atomic E-state index is 13.1. The molecule has 0 aliphatic carbocycles. The molecule has 0 radical (unpaired) electrons. The SMILES string of the molecule is CP(C)C(F)C(C)(C)C. The molecular weight excluding hydrogens is 134 g/mol. The fourth-order valence-electron chi connectivity index (χ4n) is 0.775. The monoisotopic (exact) mass is 150 g/mol. The summed E-state index contributed by atoms with van der Waals surface area (Å²) in [4.78, 5) is 0. The Morgan fingerprint density at radius 2 is 1.56 bits per heavy atom. The molecule has 0 aromatic heterocycles. The van der Waals surface area contributed by atoms with Gasteiger partial charge in [0.2, 0.25) is 0 Å². The maximum Gasteiger partial charge on any atom is 0.123 e. The summed E-state index contributed by atoms with van der Waals surface area (Å²) < 4.78 is 13.1. The van der Waals surface area contributed by atoms with E-state index in [1.54, 1.807) is 0 Å². The molecule has 0 aromatic rings. The van der Waals surface area contributed by atoms with Crippen LogP contribution in [0.4, 0.5) is 4.39 Å². The topological polar surface area (TPSA) is 0 Å². The van der Waals surface area contributed by atoms with Gasteiger partial charge in [-0.15, -0.1) is 0 Å². The van der Waals surface area contributed by atoms with Gasteiger partial charge in [0.25, 0.3) is 0 Å². The third-order valence-electron chi connectivity index (χ3n) is 1.17. The Balaban J connectivity index is 3.88. The van der Waals surface area contributed by atoms with E-state index in [0.717, 1.165) is 0 Å². The second-order valence-electron chi connectivity index (χ2n) is 3.67. The zero-order valence-electron chi connectivity index (χ0n) is 6.90. The van der Waals surface area contributed by atoms with E-state index in [-0.39, 0.29) is 5.41 Å². The first-order chi connectivity index (χ1) is 3.85. The molecule has 0 rings (SSSR count). The van der Waals surface area contributed by atoms with Gasteiger partial charge in [0.15, 0.2) is 0 Å². The predicted octanol–water partition coefficient (Wildman–Crippen LogP) is 3.07. The normalized spacial score (nSPS) is 16.3. The molecular formula is C7H16FP. The first-order valence-electron chi connectivity index (χ1n) is 3.16. The van der Waals surface area contributed by atoms with Crippen LogP contribution in [0.25, 0.3) is 0 Å². The lowest BCUT2D eigenvalue weighted by Crippen LogP contribution is -2.19. The summed E-state index contributed by atoms with van der Waals surface area (Å²) in [7, 11) is -0.416. The van der Waals surface area contributed by atoms with Crippen LogP contribution >= 0.6 is 7.92 Å². The van der Waals surface area contributed by atoms with Crippen molar-refractivity contribution in [3.05, 3.63) is 0 Å². The van der Waals surface area contributed by atoms with Crippen molar-refractivity contribution in [2.75, 3.05) is 13.3 Å². The van der Waals surface area contributed by atoms with E-state index in [1.165, 1.54) is 0 Å². The maximum atomic E-state index is 13.1. The zero-order chi connectivity index (χ0) is 7.65. The average molecular weight is 150 g/mol. The number of hydrogen-bond acceptors (Lipinski definition) is 0. The molecule has 0 N–H and O–H groups in total. The molecule has 0 aromatic carbocycles. The lowest BCUT2D eigenvalue weighted by molar-refractivity contribution is 0.244. The Bertz CT molecular complexity index is 83.4. The molecule has 1 atom stereocenters. The largest absolute Gasteiger partial charge is 0.242 e. The smallest absolute Gasteiger partial charge is 0.123 e. The zero-order valence-corrected chi connectivity index (χ0v) is 7.80. The second kappa shape index (κ2) is 2.96. The highest BCUT2D eigenvalue weighted by Gasteiger charge is 2.26. The fourth-order valence-corrected chi connectivity index (χ4v) is 2.32. The summed E-state index contributed by atoms with van der Waals surface area (Å²) in [6.45, 7) is 9.79. The van der Waals surface area contributed by atoms with Gasteiger partial charge in [0, 0.05) is 0 Å². The average Bonchev–Trinajstić information content (AvgIpc) is 1.62. The fraction of sp³-hybridized carbons (Fsp3) is 1.00. The van der Waals surface area contributed by atoms with Gasteiger partial charge < -0.3 is 0 Å². The predicted molar refractivity (Wildman–Crippen MR) is 43.1 cm³/mol. The molecule has 0 amide bonds. The van der Waals surface area contributed by atoms with Crippen molar-refractivity contribution in [2.45, 2.75) is 26.7 Å². The standard InChI is InChI=1S/C7H16FP/c1-7(2,3)6(8)9(4)5/h6H,1-5H3. The van der Waals surface area contributed by atoms with Crippen molar-refractivity contribution < 1.29 is 4.39 Å². The molecule has 0 saturated heterocycles. The van der Waals surface area contributed by atoms with E-state index >= 15 is 0 Å². The summed E-state index contributed by atoms with van der Waals surface area (Å²) >= 11 is 0. The lowest BCUT2D eigenvalue weighted by Gasteiger charge is -2.26.